The first-order valence-corrected chi connectivity index (χ1v) is 12.8. The lowest BCUT2D eigenvalue weighted by atomic mass is 9.43. The molecule has 1 aromatic heterocycles. The van der Waals surface area contributed by atoms with Gasteiger partial charge in [0.1, 0.15) is 19.5 Å². The Bertz CT molecular complexity index is 939. The van der Waals surface area contributed by atoms with Gasteiger partial charge in [0.25, 0.3) is 0 Å². The molecule has 1 aromatic rings. The predicted molar refractivity (Wildman–Crippen MR) is 122 cm³/mol. The summed E-state index contributed by atoms with van der Waals surface area (Å²) >= 11 is 0. The van der Waals surface area contributed by atoms with Gasteiger partial charge in [-0.15, -0.1) is 5.10 Å². The van der Waals surface area contributed by atoms with Crippen LogP contribution in [0.25, 0.3) is 0 Å². The Labute approximate surface area is 196 Å². The average Bonchev–Trinajstić information content (AvgIpc) is 3.41. The normalized spacial score (nSPS) is 44.2. The van der Waals surface area contributed by atoms with E-state index >= 15 is 0 Å². The Morgan fingerprint density at radius 1 is 1.06 bits per heavy atom. The fraction of sp³-hybridized carbons (Fsp3) is 0.846. The van der Waals surface area contributed by atoms with E-state index in [0.717, 1.165) is 38.5 Å². The number of aliphatic hydroxyl groups is 2. The molecule has 4 aliphatic rings. The van der Waals surface area contributed by atoms with Gasteiger partial charge in [0.2, 0.25) is 0 Å². The molecule has 0 bridgehead atoms. The molecule has 0 amide bonds. The van der Waals surface area contributed by atoms with Crippen molar-refractivity contribution < 1.29 is 15.0 Å². The predicted octanol–water partition coefficient (Wildman–Crippen LogP) is 3.02. The maximum Gasteiger partial charge on any atom is 0.158 e. The molecule has 2 N–H and O–H groups in total. The van der Waals surface area contributed by atoms with Gasteiger partial charge in [0.05, 0.1) is 5.60 Å². The van der Waals surface area contributed by atoms with Crippen LogP contribution in [0, 0.1) is 52.3 Å². The minimum absolute atomic E-state index is 0.0880. The lowest BCUT2D eigenvalue weighted by molar-refractivity contribution is -0.153. The van der Waals surface area contributed by atoms with E-state index in [4.69, 9.17) is 5.11 Å². The molecule has 1 heterocycles. The van der Waals surface area contributed by atoms with Crippen LogP contribution in [-0.2, 0) is 11.3 Å². The lowest BCUT2D eigenvalue weighted by Gasteiger charge is -2.62. The first kappa shape index (κ1) is 23.0. The van der Waals surface area contributed by atoms with Crippen molar-refractivity contribution in [2.45, 2.75) is 90.2 Å². The number of hydrogen-bond acceptors (Lipinski definition) is 6. The van der Waals surface area contributed by atoms with Crippen LogP contribution in [-0.4, -0.2) is 48.4 Å². The van der Waals surface area contributed by atoms with Crippen molar-refractivity contribution in [3.05, 3.63) is 6.33 Å². The molecule has 4 fully saturated rings. The van der Waals surface area contributed by atoms with Gasteiger partial charge < -0.3 is 10.2 Å². The molecule has 4 saturated carbocycles. The van der Waals surface area contributed by atoms with Crippen LogP contribution >= 0.6 is 0 Å². The summed E-state index contributed by atoms with van der Waals surface area (Å²) in [5.41, 5.74) is -0.344. The second kappa shape index (κ2) is 8.46. The molecule has 8 atom stereocenters. The minimum Gasteiger partial charge on any atom is -0.389 e. The Morgan fingerprint density at radius 2 is 1.88 bits per heavy atom. The van der Waals surface area contributed by atoms with Gasteiger partial charge in [-0.05, 0) is 103 Å². The van der Waals surface area contributed by atoms with Crippen LogP contribution in [0.15, 0.2) is 6.33 Å². The van der Waals surface area contributed by atoms with E-state index in [1.807, 2.05) is 0 Å². The van der Waals surface area contributed by atoms with Gasteiger partial charge in [-0.2, -0.15) is 0 Å². The zero-order chi connectivity index (χ0) is 23.3. The number of ketones is 1. The van der Waals surface area contributed by atoms with Crippen LogP contribution < -0.4 is 0 Å². The molecule has 0 aliphatic heterocycles. The van der Waals surface area contributed by atoms with Crippen LogP contribution in [0.3, 0.4) is 0 Å². The Morgan fingerprint density at radius 3 is 2.64 bits per heavy atom. The Hall–Kier alpha value is -1.78. The molecule has 180 valence electrons. The smallest absolute Gasteiger partial charge is 0.158 e. The zero-order valence-corrected chi connectivity index (χ0v) is 20.0. The van der Waals surface area contributed by atoms with Crippen molar-refractivity contribution in [3.8, 4) is 11.8 Å². The molecule has 7 heteroatoms. The summed E-state index contributed by atoms with van der Waals surface area (Å²) in [6.45, 7) is 5.02. The molecular formula is C26H38N4O3. The molecule has 4 aliphatic carbocycles. The molecule has 0 saturated heterocycles. The average molecular weight is 455 g/mol. The standard InChI is InChI=1S/C26H38N4O3/c1-24-12-13-26(33,10-3-4-14-31)15-18(24)5-6-19-20-7-8-22(25(20,2)11-9-21(19)24)23(32)16-30-17-27-28-29-30/h17-22,31,33H,5-16H2,1-2H3/t18?,19-,20-,21-,22+,24-,25-,26?/m0/s1. The largest absolute Gasteiger partial charge is 0.389 e. The molecule has 0 radical (unpaired) electrons. The third-order valence-corrected chi connectivity index (χ3v) is 10.5. The summed E-state index contributed by atoms with van der Waals surface area (Å²) in [6, 6.07) is 0. The van der Waals surface area contributed by atoms with Crippen molar-refractivity contribution in [2.75, 3.05) is 6.61 Å². The van der Waals surface area contributed by atoms with E-state index in [9.17, 15) is 9.90 Å². The topological polar surface area (TPSA) is 101 Å². The van der Waals surface area contributed by atoms with E-state index < -0.39 is 5.60 Å². The number of carbonyl (C=O) groups excluding carboxylic acids is 1. The Balaban J connectivity index is 1.30. The van der Waals surface area contributed by atoms with E-state index in [0.29, 0.717) is 30.1 Å². The fourth-order valence-electron chi connectivity index (χ4n) is 8.82. The molecule has 0 spiro atoms. The van der Waals surface area contributed by atoms with E-state index in [1.165, 1.54) is 25.6 Å². The highest BCUT2D eigenvalue weighted by Gasteiger charge is 2.62. The lowest BCUT2D eigenvalue weighted by Crippen LogP contribution is -2.56. The van der Waals surface area contributed by atoms with Crippen LogP contribution in [0.2, 0.25) is 0 Å². The number of aromatic nitrogens is 4. The van der Waals surface area contributed by atoms with Crippen LogP contribution in [0.1, 0.15) is 78.1 Å². The number of fused-ring (bicyclic) bond motifs is 5. The van der Waals surface area contributed by atoms with Gasteiger partial charge in [-0.3, -0.25) is 4.79 Å². The summed E-state index contributed by atoms with van der Waals surface area (Å²) in [7, 11) is 0. The summed E-state index contributed by atoms with van der Waals surface area (Å²) < 4.78 is 1.56. The second-order valence-corrected chi connectivity index (χ2v) is 11.9. The molecule has 0 aromatic carbocycles. The quantitative estimate of drug-likeness (QED) is 0.678. The number of Topliss-reactive ketones (excluding diaryl/α,β-unsaturated/α-hetero) is 1. The molecule has 5 rings (SSSR count). The highest BCUT2D eigenvalue weighted by Crippen LogP contribution is 2.68. The zero-order valence-electron chi connectivity index (χ0n) is 20.0. The highest BCUT2D eigenvalue weighted by atomic mass is 16.3. The van der Waals surface area contributed by atoms with Gasteiger partial charge in [-0.25, -0.2) is 4.68 Å². The summed E-state index contributed by atoms with van der Waals surface area (Å²) in [4.78, 5) is 13.2. The van der Waals surface area contributed by atoms with E-state index in [-0.39, 0.29) is 35.7 Å². The SMILES string of the molecule is C[C@]12CC[C@H]3[C@@H](CCC4CC(O)(CC#CCO)CC[C@@]43C)[C@@H]1CC[C@@H]2C(=O)Cn1cnnn1. The maximum absolute atomic E-state index is 13.2. The minimum atomic E-state index is -0.705. The van der Waals surface area contributed by atoms with Crippen molar-refractivity contribution >= 4 is 5.78 Å². The number of nitrogens with zero attached hydrogens (tertiary/aromatic N) is 4. The number of aliphatic hydroxyl groups excluding tert-OH is 1. The summed E-state index contributed by atoms with van der Waals surface area (Å²) in [5, 5.41) is 31.4. The fourth-order valence-corrected chi connectivity index (χ4v) is 8.82. The molecule has 7 nitrogen and oxygen atoms in total. The summed E-state index contributed by atoms with van der Waals surface area (Å²) in [6.07, 6.45) is 11.6. The van der Waals surface area contributed by atoms with Crippen molar-refractivity contribution in [3.63, 3.8) is 0 Å². The van der Waals surface area contributed by atoms with Crippen molar-refractivity contribution in [2.24, 2.45) is 40.4 Å². The van der Waals surface area contributed by atoms with E-state index in [1.54, 1.807) is 4.68 Å². The number of tetrazole rings is 1. The molecular weight excluding hydrogens is 416 g/mol. The molecule has 2 unspecified atom stereocenters. The number of hydrogen-bond donors (Lipinski definition) is 2. The van der Waals surface area contributed by atoms with Crippen LogP contribution in [0.4, 0.5) is 0 Å². The van der Waals surface area contributed by atoms with Gasteiger partial charge in [-0.1, -0.05) is 25.7 Å². The van der Waals surface area contributed by atoms with Crippen molar-refractivity contribution in [1.29, 1.82) is 0 Å². The number of rotatable bonds is 4. The maximum atomic E-state index is 13.2. The van der Waals surface area contributed by atoms with Gasteiger partial charge >= 0.3 is 0 Å². The van der Waals surface area contributed by atoms with Gasteiger partial charge in [0, 0.05) is 12.3 Å². The van der Waals surface area contributed by atoms with Crippen LogP contribution in [0.5, 0.6) is 0 Å². The third-order valence-electron chi connectivity index (χ3n) is 10.5. The summed E-state index contributed by atoms with van der Waals surface area (Å²) in [5.74, 6) is 8.63. The second-order valence-electron chi connectivity index (χ2n) is 11.9. The van der Waals surface area contributed by atoms with E-state index in [2.05, 4.69) is 41.2 Å². The first-order chi connectivity index (χ1) is 15.8. The third kappa shape index (κ3) is 3.83. The monoisotopic (exact) mass is 454 g/mol. The molecule has 33 heavy (non-hydrogen) atoms. The van der Waals surface area contributed by atoms with Crippen molar-refractivity contribution in [1.82, 2.24) is 20.2 Å². The number of carbonyl (C=O) groups is 1. The highest BCUT2D eigenvalue weighted by molar-refractivity contribution is 5.82. The first-order valence-electron chi connectivity index (χ1n) is 12.8. The Kier molecular flexibility index (Phi) is 5.89. The van der Waals surface area contributed by atoms with Gasteiger partial charge in [0.15, 0.2) is 5.78 Å².